The van der Waals surface area contributed by atoms with Crippen LogP contribution in [0, 0.1) is 6.92 Å². The van der Waals surface area contributed by atoms with Gasteiger partial charge in [-0.2, -0.15) is 0 Å². The molecule has 0 aliphatic rings. The maximum atomic E-state index is 12.6. The van der Waals surface area contributed by atoms with Gasteiger partial charge < -0.3 is 11.1 Å². The van der Waals surface area contributed by atoms with Crippen LogP contribution in [0.4, 0.5) is 10.8 Å². The SMILES string of the molecule is Cc1ccc(NC(=O)c2sc(N)nc2-c2ccccc2)cc1Br. The van der Waals surface area contributed by atoms with Crippen molar-refractivity contribution in [3.05, 3.63) is 63.4 Å². The number of nitrogen functional groups attached to an aromatic ring is 1. The van der Waals surface area contributed by atoms with Crippen molar-refractivity contribution in [3.63, 3.8) is 0 Å². The van der Waals surface area contributed by atoms with E-state index in [2.05, 4.69) is 26.2 Å². The van der Waals surface area contributed by atoms with Crippen molar-refractivity contribution in [1.82, 2.24) is 4.98 Å². The van der Waals surface area contributed by atoms with Crippen LogP contribution in [0.5, 0.6) is 0 Å². The summed E-state index contributed by atoms with van der Waals surface area (Å²) >= 11 is 4.65. The van der Waals surface area contributed by atoms with Crippen LogP contribution in [0.3, 0.4) is 0 Å². The lowest BCUT2D eigenvalue weighted by atomic mass is 10.1. The second-order valence-corrected chi connectivity index (χ2v) is 6.90. The second kappa shape index (κ2) is 6.52. The van der Waals surface area contributed by atoms with Gasteiger partial charge >= 0.3 is 0 Å². The lowest BCUT2D eigenvalue weighted by Gasteiger charge is -2.07. The number of nitrogens with one attached hydrogen (secondary N) is 1. The van der Waals surface area contributed by atoms with Crippen LogP contribution in [-0.4, -0.2) is 10.9 Å². The van der Waals surface area contributed by atoms with Crippen molar-refractivity contribution in [2.24, 2.45) is 0 Å². The molecule has 1 aromatic heterocycles. The first kappa shape index (κ1) is 15.7. The Morgan fingerprint density at radius 2 is 1.96 bits per heavy atom. The lowest BCUT2D eigenvalue weighted by molar-refractivity contribution is 0.103. The predicted octanol–water partition coefficient (Wildman–Crippen LogP) is 4.72. The van der Waals surface area contributed by atoms with Crippen LogP contribution in [0.2, 0.25) is 0 Å². The average molecular weight is 388 g/mol. The minimum Gasteiger partial charge on any atom is -0.375 e. The summed E-state index contributed by atoms with van der Waals surface area (Å²) in [4.78, 5) is 17.4. The van der Waals surface area contributed by atoms with E-state index in [0.29, 0.717) is 15.7 Å². The average Bonchev–Trinajstić information content (AvgIpc) is 2.94. The summed E-state index contributed by atoms with van der Waals surface area (Å²) in [5, 5.41) is 3.27. The molecule has 0 fully saturated rings. The number of aromatic nitrogens is 1. The highest BCUT2D eigenvalue weighted by molar-refractivity contribution is 9.10. The number of aryl methyl sites for hydroxylation is 1. The molecule has 0 saturated carbocycles. The monoisotopic (exact) mass is 387 g/mol. The summed E-state index contributed by atoms with van der Waals surface area (Å²) in [6, 6.07) is 15.2. The number of nitrogens with zero attached hydrogens (tertiary/aromatic N) is 1. The zero-order valence-electron chi connectivity index (χ0n) is 12.3. The van der Waals surface area contributed by atoms with Gasteiger partial charge in [-0.3, -0.25) is 4.79 Å². The van der Waals surface area contributed by atoms with Gasteiger partial charge in [0.2, 0.25) is 0 Å². The molecule has 6 heteroatoms. The van der Waals surface area contributed by atoms with Crippen molar-refractivity contribution in [3.8, 4) is 11.3 Å². The van der Waals surface area contributed by atoms with Crippen molar-refractivity contribution >= 4 is 44.0 Å². The molecular formula is C17H14BrN3OS. The molecule has 0 aliphatic carbocycles. The molecule has 1 heterocycles. The molecule has 0 bridgehead atoms. The van der Waals surface area contributed by atoms with Gasteiger partial charge in [0.1, 0.15) is 4.88 Å². The molecule has 23 heavy (non-hydrogen) atoms. The predicted molar refractivity (Wildman–Crippen MR) is 98.8 cm³/mol. The van der Waals surface area contributed by atoms with Gasteiger partial charge in [-0.15, -0.1) is 0 Å². The van der Waals surface area contributed by atoms with Crippen LogP contribution in [0.25, 0.3) is 11.3 Å². The fraction of sp³-hybridized carbons (Fsp3) is 0.0588. The van der Waals surface area contributed by atoms with E-state index in [1.165, 1.54) is 11.3 Å². The van der Waals surface area contributed by atoms with E-state index in [4.69, 9.17) is 5.73 Å². The third-order valence-electron chi connectivity index (χ3n) is 3.33. The van der Waals surface area contributed by atoms with Crippen molar-refractivity contribution in [2.45, 2.75) is 6.92 Å². The number of benzene rings is 2. The Morgan fingerprint density at radius 1 is 1.22 bits per heavy atom. The number of amides is 1. The summed E-state index contributed by atoms with van der Waals surface area (Å²) in [5.41, 5.74) is 9.12. The molecule has 0 radical (unpaired) electrons. The Kier molecular flexibility index (Phi) is 4.45. The zero-order chi connectivity index (χ0) is 16.4. The summed E-state index contributed by atoms with van der Waals surface area (Å²) < 4.78 is 0.947. The lowest BCUT2D eigenvalue weighted by Crippen LogP contribution is -2.11. The van der Waals surface area contributed by atoms with Crippen LogP contribution in [-0.2, 0) is 0 Å². The number of anilines is 2. The van der Waals surface area contributed by atoms with Crippen molar-refractivity contribution in [2.75, 3.05) is 11.1 Å². The number of rotatable bonds is 3. The van der Waals surface area contributed by atoms with E-state index < -0.39 is 0 Å². The van der Waals surface area contributed by atoms with Crippen LogP contribution in [0.1, 0.15) is 15.2 Å². The smallest absolute Gasteiger partial charge is 0.268 e. The summed E-state index contributed by atoms with van der Waals surface area (Å²) in [6.07, 6.45) is 0. The maximum absolute atomic E-state index is 12.6. The molecule has 3 N–H and O–H groups in total. The molecule has 116 valence electrons. The number of hydrogen-bond acceptors (Lipinski definition) is 4. The van der Waals surface area contributed by atoms with E-state index >= 15 is 0 Å². The van der Waals surface area contributed by atoms with Gasteiger partial charge in [0.25, 0.3) is 5.91 Å². The highest BCUT2D eigenvalue weighted by atomic mass is 79.9. The highest BCUT2D eigenvalue weighted by Gasteiger charge is 2.18. The van der Waals surface area contributed by atoms with Gasteiger partial charge in [-0.1, -0.05) is 63.7 Å². The van der Waals surface area contributed by atoms with Gasteiger partial charge in [-0.25, -0.2) is 4.98 Å². The summed E-state index contributed by atoms with van der Waals surface area (Å²) in [6.45, 7) is 1.99. The van der Waals surface area contributed by atoms with Crippen LogP contribution < -0.4 is 11.1 Å². The first-order valence-corrected chi connectivity index (χ1v) is 8.55. The Bertz CT molecular complexity index is 862. The molecule has 3 aromatic rings. The standard InChI is InChI=1S/C17H14BrN3OS/c1-10-7-8-12(9-13(10)18)20-16(22)15-14(21-17(19)23-15)11-5-3-2-4-6-11/h2-9H,1H3,(H2,19,21)(H,20,22). The van der Waals surface area contributed by atoms with Crippen molar-refractivity contribution < 1.29 is 4.79 Å². The normalized spacial score (nSPS) is 10.5. The Hall–Kier alpha value is -2.18. The molecule has 2 aromatic carbocycles. The number of carbonyl (C=O) groups is 1. The second-order valence-electron chi connectivity index (χ2n) is 5.01. The quantitative estimate of drug-likeness (QED) is 0.683. The number of carbonyl (C=O) groups excluding carboxylic acids is 1. The third kappa shape index (κ3) is 3.43. The molecule has 1 amide bonds. The Labute approximate surface area is 146 Å². The first-order chi connectivity index (χ1) is 11.0. The van der Waals surface area contributed by atoms with Crippen LogP contribution >= 0.6 is 27.3 Å². The number of thiazole rings is 1. The number of nitrogens with two attached hydrogens (primary N) is 1. The summed E-state index contributed by atoms with van der Waals surface area (Å²) in [7, 11) is 0. The minimum absolute atomic E-state index is 0.214. The van der Waals surface area contributed by atoms with E-state index in [9.17, 15) is 4.79 Å². The topological polar surface area (TPSA) is 68.0 Å². The zero-order valence-corrected chi connectivity index (χ0v) is 14.7. The molecular weight excluding hydrogens is 374 g/mol. The fourth-order valence-electron chi connectivity index (χ4n) is 2.14. The molecule has 0 saturated heterocycles. The van der Waals surface area contributed by atoms with Gasteiger partial charge in [-0.05, 0) is 24.6 Å². The van der Waals surface area contributed by atoms with E-state index in [1.807, 2.05) is 55.5 Å². The largest absolute Gasteiger partial charge is 0.375 e. The Balaban J connectivity index is 1.92. The third-order valence-corrected chi connectivity index (χ3v) is 5.06. The minimum atomic E-state index is -0.214. The highest BCUT2D eigenvalue weighted by Crippen LogP contribution is 2.30. The molecule has 0 unspecified atom stereocenters. The molecule has 3 rings (SSSR count). The van der Waals surface area contributed by atoms with Gasteiger partial charge in [0.15, 0.2) is 5.13 Å². The maximum Gasteiger partial charge on any atom is 0.268 e. The van der Waals surface area contributed by atoms with Gasteiger partial charge in [0.05, 0.1) is 5.69 Å². The number of hydrogen-bond donors (Lipinski definition) is 2. The van der Waals surface area contributed by atoms with Gasteiger partial charge in [0, 0.05) is 15.7 Å². The molecule has 4 nitrogen and oxygen atoms in total. The fourth-order valence-corrected chi connectivity index (χ4v) is 3.27. The van der Waals surface area contributed by atoms with E-state index in [1.54, 1.807) is 0 Å². The van der Waals surface area contributed by atoms with E-state index in [0.717, 1.165) is 21.3 Å². The number of halogens is 1. The van der Waals surface area contributed by atoms with E-state index in [-0.39, 0.29) is 5.91 Å². The van der Waals surface area contributed by atoms with Crippen molar-refractivity contribution in [1.29, 1.82) is 0 Å². The molecule has 0 atom stereocenters. The van der Waals surface area contributed by atoms with Crippen LogP contribution in [0.15, 0.2) is 53.0 Å². The first-order valence-electron chi connectivity index (χ1n) is 6.94. The summed E-state index contributed by atoms with van der Waals surface area (Å²) in [5.74, 6) is -0.214. The Morgan fingerprint density at radius 3 is 2.65 bits per heavy atom. The molecule has 0 spiro atoms. The molecule has 0 aliphatic heterocycles.